The van der Waals surface area contributed by atoms with E-state index in [1.165, 1.54) is 12.8 Å². The van der Waals surface area contributed by atoms with Crippen LogP contribution < -0.4 is 0 Å². The molecule has 0 atom stereocenters. The van der Waals surface area contributed by atoms with E-state index in [-0.39, 0.29) is 0 Å². The molecule has 0 saturated carbocycles. The van der Waals surface area contributed by atoms with Crippen LogP contribution in [0.15, 0.2) is 37.0 Å². The Morgan fingerprint density at radius 2 is 2.08 bits per heavy atom. The van der Waals surface area contributed by atoms with E-state index in [1.807, 2.05) is 12.2 Å². The van der Waals surface area contributed by atoms with Crippen LogP contribution in [0.25, 0.3) is 0 Å². The second-order valence-electron chi connectivity index (χ2n) is 2.94. The van der Waals surface area contributed by atoms with Crippen LogP contribution >= 0.6 is 0 Å². The lowest BCUT2D eigenvalue weighted by Crippen LogP contribution is -1.98. The van der Waals surface area contributed by atoms with Gasteiger partial charge in [0.1, 0.15) is 0 Å². The van der Waals surface area contributed by atoms with Crippen molar-refractivity contribution in [2.75, 3.05) is 13.2 Å². The van der Waals surface area contributed by atoms with Gasteiger partial charge in [0.05, 0.1) is 6.61 Å². The minimum Gasteiger partial charge on any atom is -0.377 e. The second kappa shape index (κ2) is 9.27. The van der Waals surface area contributed by atoms with Crippen molar-refractivity contribution in [3.05, 3.63) is 37.0 Å². The summed E-state index contributed by atoms with van der Waals surface area (Å²) >= 11 is 0. The fraction of sp³-hybridized carbons (Fsp3) is 0.500. The lowest BCUT2D eigenvalue weighted by molar-refractivity contribution is 0.153. The molecule has 0 aliphatic heterocycles. The quantitative estimate of drug-likeness (QED) is 0.410. The van der Waals surface area contributed by atoms with E-state index >= 15 is 0 Å². The topological polar surface area (TPSA) is 9.23 Å². The van der Waals surface area contributed by atoms with Crippen molar-refractivity contribution in [1.82, 2.24) is 0 Å². The molecule has 0 amide bonds. The van der Waals surface area contributed by atoms with Crippen LogP contribution in [0, 0.1) is 0 Å². The zero-order valence-electron chi connectivity index (χ0n) is 8.59. The van der Waals surface area contributed by atoms with Gasteiger partial charge >= 0.3 is 0 Å². The van der Waals surface area contributed by atoms with E-state index in [9.17, 15) is 0 Å². The smallest absolute Gasteiger partial charge is 0.0716 e. The molecule has 0 aromatic carbocycles. The normalized spacial score (nSPS) is 11.3. The first-order valence-corrected chi connectivity index (χ1v) is 4.87. The summed E-state index contributed by atoms with van der Waals surface area (Å²) in [4.78, 5) is 0. The van der Waals surface area contributed by atoms with Crippen LogP contribution in [-0.4, -0.2) is 13.2 Å². The van der Waals surface area contributed by atoms with Crippen LogP contribution in [0.4, 0.5) is 0 Å². The summed E-state index contributed by atoms with van der Waals surface area (Å²) < 4.78 is 5.45. The first kappa shape index (κ1) is 12.2. The van der Waals surface area contributed by atoms with E-state index in [0.717, 1.165) is 18.6 Å². The SMILES string of the molecule is C=C/C=C(\C=C)COCCCCC. The van der Waals surface area contributed by atoms with Gasteiger partial charge in [-0.2, -0.15) is 0 Å². The van der Waals surface area contributed by atoms with Gasteiger partial charge < -0.3 is 4.74 Å². The third-order valence-electron chi connectivity index (χ3n) is 1.76. The molecule has 1 nitrogen and oxygen atoms in total. The molecule has 13 heavy (non-hydrogen) atoms. The Balaban J connectivity index is 3.44. The lowest BCUT2D eigenvalue weighted by atomic mass is 10.2. The number of unbranched alkanes of at least 4 members (excludes halogenated alkanes) is 2. The molecule has 0 aliphatic rings. The highest BCUT2D eigenvalue weighted by Crippen LogP contribution is 1.99. The number of rotatable bonds is 8. The Kier molecular flexibility index (Phi) is 8.68. The number of ether oxygens (including phenoxy) is 1. The summed E-state index contributed by atoms with van der Waals surface area (Å²) in [6, 6.07) is 0. The Morgan fingerprint density at radius 1 is 1.31 bits per heavy atom. The van der Waals surface area contributed by atoms with Gasteiger partial charge in [-0.15, -0.1) is 0 Å². The van der Waals surface area contributed by atoms with E-state index in [1.54, 1.807) is 6.08 Å². The highest BCUT2D eigenvalue weighted by Gasteiger charge is 1.91. The van der Waals surface area contributed by atoms with Gasteiger partial charge in [0.25, 0.3) is 0 Å². The molecule has 0 bridgehead atoms. The van der Waals surface area contributed by atoms with E-state index in [4.69, 9.17) is 4.74 Å². The Labute approximate surface area is 81.8 Å². The second-order valence-corrected chi connectivity index (χ2v) is 2.94. The van der Waals surface area contributed by atoms with Crippen molar-refractivity contribution in [3.63, 3.8) is 0 Å². The maximum Gasteiger partial charge on any atom is 0.0716 e. The maximum absolute atomic E-state index is 5.45. The first-order valence-electron chi connectivity index (χ1n) is 4.87. The third kappa shape index (κ3) is 7.54. The van der Waals surface area contributed by atoms with E-state index in [0.29, 0.717) is 6.61 Å². The molecule has 0 unspecified atom stereocenters. The molecule has 0 fully saturated rings. The number of hydrogen-bond acceptors (Lipinski definition) is 1. The summed E-state index contributed by atoms with van der Waals surface area (Å²) in [6.07, 6.45) is 9.12. The molecule has 0 rings (SSSR count). The lowest BCUT2D eigenvalue weighted by Gasteiger charge is -2.03. The van der Waals surface area contributed by atoms with Gasteiger partial charge in [-0.3, -0.25) is 0 Å². The molecule has 0 heterocycles. The van der Waals surface area contributed by atoms with Gasteiger partial charge in [0.2, 0.25) is 0 Å². The fourth-order valence-electron chi connectivity index (χ4n) is 0.971. The van der Waals surface area contributed by atoms with Crippen molar-refractivity contribution >= 4 is 0 Å². The van der Waals surface area contributed by atoms with Crippen molar-refractivity contribution < 1.29 is 4.74 Å². The van der Waals surface area contributed by atoms with Crippen molar-refractivity contribution in [2.24, 2.45) is 0 Å². The summed E-state index contributed by atoms with van der Waals surface area (Å²) in [6.45, 7) is 11.0. The first-order chi connectivity index (χ1) is 6.35. The summed E-state index contributed by atoms with van der Waals surface area (Å²) in [5, 5.41) is 0. The average Bonchev–Trinajstić information content (AvgIpc) is 2.16. The molecule has 74 valence electrons. The largest absolute Gasteiger partial charge is 0.377 e. The van der Waals surface area contributed by atoms with E-state index in [2.05, 4.69) is 20.1 Å². The van der Waals surface area contributed by atoms with Crippen molar-refractivity contribution in [2.45, 2.75) is 26.2 Å². The third-order valence-corrected chi connectivity index (χ3v) is 1.76. The Hall–Kier alpha value is -0.820. The van der Waals surface area contributed by atoms with Gasteiger partial charge in [-0.25, -0.2) is 0 Å². The van der Waals surface area contributed by atoms with Crippen molar-refractivity contribution in [1.29, 1.82) is 0 Å². The standard InChI is InChI=1S/C12H20O/c1-4-7-8-10-13-11-12(6-3)9-5-2/h5-6,9H,2-4,7-8,10-11H2,1H3/b12-9+. The molecule has 1 heteroatoms. The molecular weight excluding hydrogens is 160 g/mol. The summed E-state index contributed by atoms with van der Waals surface area (Å²) in [5.41, 5.74) is 1.09. The van der Waals surface area contributed by atoms with Crippen LogP contribution in [0.1, 0.15) is 26.2 Å². The highest BCUT2D eigenvalue weighted by molar-refractivity contribution is 5.21. The minimum absolute atomic E-state index is 0.652. The maximum atomic E-state index is 5.45. The minimum atomic E-state index is 0.652. The van der Waals surface area contributed by atoms with Crippen LogP contribution in [-0.2, 0) is 4.74 Å². The van der Waals surface area contributed by atoms with Crippen LogP contribution in [0.2, 0.25) is 0 Å². The number of hydrogen-bond donors (Lipinski definition) is 0. The van der Waals surface area contributed by atoms with E-state index < -0.39 is 0 Å². The van der Waals surface area contributed by atoms with Gasteiger partial charge in [-0.1, -0.05) is 51.2 Å². The Bertz CT molecular complexity index is 168. The predicted octanol–water partition coefficient (Wildman–Crippen LogP) is 3.49. The summed E-state index contributed by atoms with van der Waals surface area (Å²) in [5.74, 6) is 0. The van der Waals surface area contributed by atoms with Crippen LogP contribution in [0.5, 0.6) is 0 Å². The molecule has 0 radical (unpaired) electrons. The van der Waals surface area contributed by atoms with Gasteiger partial charge in [0.15, 0.2) is 0 Å². The fourth-order valence-corrected chi connectivity index (χ4v) is 0.971. The predicted molar refractivity (Wildman–Crippen MR) is 58.8 cm³/mol. The zero-order valence-corrected chi connectivity index (χ0v) is 8.59. The molecule has 0 aromatic heterocycles. The molecule has 0 aromatic rings. The molecule has 0 aliphatic carbocycles. The summed E-state index contributed by atoms with van der Waals surface area (Å²) in [7, 11) is 0. The monoisotopic (exact) mass is 180 g/mol. The molecule has 0 N–H and O–H groups in total. The Morgan fingerprint density at radius 3 is 2.62 bits per heavy atom. The molecule has 0 spiro atoms. The molecule has 0 saturated heterocycles. The molecular formula is C12H20O. The van der Waals surface area contributed by atoms with Crippen molar-refractivity contribution in [3.8, 4) is 0 Å². The van der Waals surface area contributed by atoms with Gasteiger partial charge in [0, 0.05) is 6.61 Å². The van der Waals surface area contributed by atoms with Crippen LogP contribution in [0.3, 0.4) is 0 Å². The average molecular weight is 180 g/mol. The number of allylic oxidation sites excluding steroid dienone is 2. The zero-order chi connectivity index (χ0) is 9.94. The highest BCUT2D eigenvalue weighted by atomic mass is 16.5. The van der Waals surface area contributed by atoms with Gasteiger partial charge in [-0.05, 0) is 12.0 Å².